The maximum atomic E-state index is 11.4. The van der Waals surface area contributed by atoms with Gasteiger partial charge in [-0.15, -0.1) is 12.4 Å². The van der Waals surface area contributed by atoms with E-state index in [9.17, 15) is 10.2 Å². The third-order valence-electron chi connectivity index (χ3n) is 10.5. The molecule has 4 saturated carbocycles. The summed E-state index contributed by atoms with van der Waals surface area (Å²) in [5, 5.41) is 22.2. The third kappa shape index (κ3) is 2.23. The molecule has 8 rings (SSSR count). The van der Waals surface area contributed by atoms with Crippen LogP contribution in [0.5, 0.6) is 11.5 Å². The lowest BCUT2D eigenvalue weighted by molar-refractivity contribution is -0.300. The van der Waals surface area contributed by atoms with Gasteiger partial charge < -0.3 is 19.7 Å². The molecule has 1 aromatic rings. The molecular weight excluding hydrogens is 426 g/mol. The summed E-state index contributed by atoms with van der Waals surface area (Å²) >= 11 is 0. The van der Waals surface area contributed by atoms with Gasteiger partial charge >= 0.3 is 0 Å². The Morgan fingerprint density at radius 2 is 2.00 bits per heavy atom. The maximum absolute atomic E-state index is 11.4. The molecule has 1 saturated heterocycles. The predicted octanol–water partition coefficient (Wildman–Crippen LogP) is 3.81. The number of benzene rings is 1. The Labute approximate surface area is 196 Å². The summed E-state index contributed by atoms with van der Waals surface area (Å²) in [6.07, 6.45) is 7.72. The highest BCUT2D eigenvalue weighted by Crippen LogP contribution is 2.77. The average Bonchev–Trinajstić information content (AvgIpc) is 3.47. The van der Waals surface area contributed by atoms with Gasteiger partial charge in [0, 0.05) is 42.0 Å². The van der Waals surface area contributed by atoms with Crippen LogP contribution in [0.3, 0.4) is 0 Å². The number of halogens is 1. The smallest absolute Gasteiger partial charge is 0.165 e. The van der Waals surface area contributed by atoms with Crippen molar-refractivity contribution in [2.45, 2.75) is 87.6 Å². The number of phenolic OH excluding ortho intramolecular Hbond substituents is 1. The predicted molar refractivity (Wildman–Crippen MR) is 124 cm³/mol. The molecule has 7 aliphatic rings. The fourth-order valence-corrected chi connectivity index (χ4v) is 9.23. The number of fused-ring (bicyclic) bond motifs is 2. The standard InChI is InChI=1S/C26H35NO4.ClH/c1-23(2,29)18-13-24-8-9-26(18,30-3)22-25(24)10-11-27(14-15-4-5-15)19(24)12-16-6-7-17(28)21(31-22)20(16)25;/h6-7,15,18-19,22,28-29H,4-5,8-14H2,1-3H3;1H/t18?,19-,22-,24?,25+,26?;/m1./s1. The largest absolute Gasteiger partial charge is 0.504 e. The minimum absolute atomic E-state index is 0. The quantitative estimate of drug-likeness (QED) is 0.714. The summed E-state index contributed by atoms with van der Waals surface area (Å²) in [5.74, 6) is 1.86. The number of aliphatic hydroxyl groups is 1. The monoisotopic (exact) mass is 461 g/mol. The van der Waals surface area contributed by atoms with E-state index in [1.807, 2.05) is 27.0 Å². The number of phenols is 1. The number of likely N-dealkylation sites (tertiary alicyclic amines) is 1. The van der Waals surface area contributed by atoms with Gasteiger partial charge in [-0.2, -0.15) is 0 Å². The molecule has 2 N–H and O–H groups in total. The number of hydrogen-bond donors (Lipinski definition) is 2. The van der Waals surface area contributed by atoms with Crippen LogP contribution in [0.25, 0.3) is 0 Å². The van der Waals surface area contributed by atoms with Crippen LogP contribution < -0.4 is 4.74 Å². The fourth-order valence-electron chi connectivity index (χ4n) is 9.23. The van der Waals surface area contributed by atoms with E-state index in [4.69, 9.17) is 9.47 Å². The lowest BCUT2D eigenvalue weighted by Crippen LogP contribution is -2.82. The van der Waals surface area contributed by atoms with Gasteiger partial charge in [0.1, 0.15) is 11.7 Å². The molecule has 32 heavy (non-hydrogen) atoms. The number of rotatable bonds is 4. The molecule has 5 aliphatic carbocycles. The number of ether oxygens (including phenoxy) is 2. The second-order valence-electron chi connectivity index (χ2n) is 12.1. The van der Waals surface area contributed by atoms with E-state index < -0.39 is 11.2 Å². The molecule has 5 fully saturated rings. The highest BCUT2D eigenvalue weighted by molar-refractivity contribution is 5.85. The van der Waals surface area contributed by atoms with Gasteiger partial charge in [0.05, 0.1) is 5.60 Å². The number of methoxy groups -OCH3 is 1. The van der Waals surface area contributed by atoms with Crippen molar-refractivity contribution in [3.05, 3.63) is 23.3 Å². The summed E-state index contributed by atoms with van der Waals surface area (Å²) < 4.78 is 13.2. The highest BCUT2D eigenvalue weighted by Gasteiger charge is 2.81. The van der Waals surface area contributed by atoms with Gasteiger partial charge in [-0.25, -0.2) is 0 Å². The number of nitrogens with zero attached hydrogens (tertiary/aromatic N) is 1. The molecule has 1 aromatic carbocycles. The van der Waals surface area contributed by atoms with E-state index in [1.165, 1.54) is 30.5 Å². The van der Waals surface area contributed by atoms with Crippen molar-refractivity contribution in [3.63, 3.8) is 0 Å². The van der Waals surface area contributed by atoms with Crippen LogP contribution in [0.15, 0.2) is 12.1 Å². The van der Waals surface area contributed by atoms with E-state index in [1.54, 1.807) is 0 Å². The van der Waals surface area contributed by atoms with Crippen LogP contribution in [0, 0.1) is 17.3 Å². The van der Waals surface area contributed by atoms with Gasteiger partial charge in [-0.05, 0) is 82.9 Å². The van der Waals surface area contributed by atoms with Crippen molar-refractivity contribution in [1.29, 1.82) is 0 Å². The molecule has 3 unspecified atom stereocenters. The van der Waals surface area contributed by atoms with Crippen LogP contribution in [0.4, 0.5) is 0 Å². The van der Waals surface area contributed by atoms with Crippen molar-refractivity contribution in [3.8, 4) is 11.5 Å². The number of aromatic hydroxyl groups is 1. The molecule has 2 heterocycles. The number of piperidine rings is 1. The Balaban J connectivity index is 0.00000196. The lowest BCUT2D eigenvalue weighted by Gasteiger charge is -2.75. The first kappa shape index (κ1) is 21.5. The van der Waals surface area contributed by atoms with E-state index in [0.717, 1.165) is 44.6 Å². The third-order valence-corrected chi connectivity index (χ3v) is 10.5. The first-order valence-electron chi connectivity index (χ1n) is 12.3. The Bertz CT molecular complexity index is 973. The highest BCUT2D eigenvalue weighted by atomic mass is 35.5. The Morgan fingerprint density at radius 3 is 2.69 bits per heavy atom. The van der Waals surface area contributed by atoms with Crippen molar-refractivity contribution < 1.29 is 19.7 Å². The molecule has 5 nitrogen and oxygen atoms in total. The average molecular weight is 462 g/mol. The minimum Gasteiger partial charge on any atom is -0.504 e. The summed E-state index contributed by atoms with van der Waals surface area (Å²) in [5.41, 5.74) is 1.24. The van der Waals surface area contributed by atoms with Crippen molar-refractivity contribution in [1.82, 2.24) is 4.90 Å². The summed E-state index contributed by atoms with van der Waals surface area (Å²) in [6, 6.07) is 4.46. The maximum Gasteiger partial charge on any atom is 0.165 e. The normalized spacial score (nSPS) is 43.4. The Hall–Kier alpha value is -1.01. The first-order chi connectivity index (χ1) is 14.8. The van der Waals surface area contributed by atoms with Crippen LogP contribution in [-0.2, 0) is 16.6 Å². The fraction of sp³-hybridized carbons (Fsp3) is 0.769. The molecular formula is C26H36ClNO4. The molecule has 176 valence electrons. The van der Waals surface area contributed by atoms with E-state index in [-0.39, 0.29) is 41.0 Å². The van der Waals surface area contributed by atoms with Gasteiger partial charge in [-0.1, -0.05) is 6.07 Å². The second-order valence-corrected chi connectivity index (χ2v) is 12.1. The first-order valence-corrected chi connectivity index (χ1v) is 12.3. The molecule has 6 heteroatoms. The Kier molecular flexibility index (Phi) is 4.27. The van der Waals surface area contributed by atoms with Gasteiger partial charge in [0.2, 0.25) is 0 Å². The summed E-state index contributed by atoms with van der Waals surface area (Å²) in [4.78, 5) is 2.81. The molecule has 0 amide bonds. The molecule has 2 spiro atoms. The van der Waals surface area contributed by atoms with Crippen LogP contribution in [0.1, 0.15) is 63.5 Å². The Morgan fingerprint density at radius 1 is 1.22 bits per heavy atom. The topological polar surface area (TPSA) is 62.2 Å². The minimum atomic E-state index is -0.846. The van der Waals surface area contributed by atoms with Gasteiger partial charge in [0.15, 0.2) is 11.5 Å². The molecule has 0 radical (unpaired) electrons. The van der Waals surface area contributed by atoms with E-state index in [2.05, 4.69) is 11.0 Å². The van der Waals surface area contributed by atoms with Gasteiger partial charge in [0.25, 0.3) is 0 Å². The zero-order chi connectivity index (χ0) is 21.4. The SMILES string of the molecule is COC12CCC3(CC1C(C)(C)O)[C@H]1Cc4ccc(O)c5c4[C@@]3(CCN1CC1CC1)[C@H]2O5.Cl. The van der Waals surface area contributed by atoms with Crippen LogP contribution >= 0.6 is 12.4 Å². The van der Waals surface area contributed by atoms with Gasteiger partial charge in [-0.3, -0.25) is 4.90 Å². The van der Waals surface area contributed by atoms with Crippen molar-refractivity contribution in [2.75, 3.05) is 20.2 Å². The molecule has 4 bridgehead atoms. The van der Waals surface area contributed by atoms with Crippen molar-refractivity contribution >= 4 is 12.4 Å². The number of hydrogen-bond acceptors (Lipinski definition) is 5. The second kappa shape index (κ2) is 6.35. The summed E-state index contributed by atoms with van der Waals surface area (Å²) in [6.45, 7) is 6.23. The molecule has 2 aliphatic heterocycles. The molecule has 6 atom stereocenters. The van der Waals surface area contributed by atoms with E-state index >= 15 is 0 Å². The molecule has 0 aromatic heterocycles. The van der Waals surface area contributed by atoms with Crippen LogP contribution in [-0.4, -0.2) is 58.7 Å². The zero-order valence-corrected chi connectivity index (χ0v) is 20.2. The van der Waals surface area contributed by atoms with Crippen LogP contribution in [0.2, 0.25) is 0 Å². The lowest BCUT2D eigenvalue weighted by atomic mass is 9.34. The zero-order valence-electron chi connectivity index (χ0n) is 19.4. The van der Waals surface area contributed by atoms with E-state index in [0.29, 0.717) is 11.8 Å². The van der Waals surface area contributed by atoms with Crippen molar-refractivity contribution in [2.24, 2.45) is 17.3 Å². The summed E-state index contributed by atoms with van der Waals surface area (Å²) in [7, 11) is 1.81.